The zero-order valence-corrected chi connectivity index (χ0v) is 14.9. The minimum atomic E-state index is -3.53. The number of rotatable bonds is 8. The maximum absolute atomic E-state index is 12.1. The lowest BCUT2D eigenvalue weighted by Gasteiger charge is -2.08. The molecule has 0 saturated carbocycles. The number of aromatic nitrogens is 2. The summed E-state index contributed by atoms with van der Waals surface area (Å²) in [5.41, 5.74) is 1.34. The van der Waals surface area contributed by atoms with E-state index in [2.05, 4.69) is 25.3 Å². The van der Waals surface area contributed by atoms with Gasteiger partial charge in [-0.1, -0.05) is 17.7 Å². The largest absolute Gasteiger partial charge is 0.357 e. The minimum Gasteiger partial charge on any atom is -0.357 e. The number of benzene rings is 1. The van der Waals surface area contributed by atoms with Crippen LogP contribution in [0.15, 0.2) is 41.6 Å². The van der Waals surface area contributed by atoms with Gasteiger partial charge in [-0.15, -0.1) is 0 Å². The van der Waals surface area contributed by atoms with E-state index in [1.165, 1.54) is 12.4 Å². The van der Waals surface area contributed by atoms with Crippen molar-refractivity contribution in [1.82, 2.24) is 20.0 Å². The molecule has 0 aliphatic heterocycles. The van der Waals surface area contributed by atoms with Crippen molar-refractivity contribution in [3.05, 3.63) is 47.8 Å². The summed E-state index contributed by atoms with van der Waals surface area (Å²) in [6.07, 6.45) is 3.31. The van der Waals surface area contributed by atoms with E-state index in [9.17, 15) is 13.2 Å². The molecule has 1 aromatic carbocycles. The van der Waals surface area contributed by atoms with Gasteiger partial charge in [-0.05, 0) is 25.5 Å². The number of carbonyl (C=O) groups is 1. The summed E-state index contributed by atoms with van der Waals surface area (Å²) < 4.78 is 26.7. The number of nitrogens with one attached hydrogen (secondary N) is 3. The zero-order valence-electron chi connectivity index (χ0n) is 14.1. The first-order valence-electron chi connectivity index (χ1n) is 7.77. The van der Waals surface area contributed by atoms with Crippen molar-refractivity contribution >= 4 is 21.9 Å². The highest BCUT2D eigenvalue weighted by atomic mass is 32.2. The Hall–Kier alpha value is -2.52. The van der Waals surface area contributed by atoms with E-state index < -0.39 is 10.0 Å². The SMILES string of the molecule is CNc1ncc(C(=O)NCCCNS(=O)(=O)c2ccc(C)cc2)cn1. The number of hydrogen-bond donors (Lipinski definition) is 3. The van der Waals surface area contributed by atoms with Gasteiger partial charge < -0.3 is 10.6 Å². The van der Waals surface area contributed by atoms with Crippen molar-refractivity contribution in [2.75, 3.05) is 25.5 Å². The molecule has 0 atom stereocenters. The highest BCUT2D eigenvalue weighted by Crippen LogP contribution is 2.09. The molecule has 0 saturated heterocycles. The van der Waals surface area contributed by atoms with Gasteiger partial charge in [0.05, 0.1) is 10.5 Å². The van der Waals surface area contributed by atoms with Gasteiger partial charge in [0, 0.05) is 32.5 Å². The highest BCUT2D eigenvalue weighted by Gasteiger charge is 2.12. The van der Waals surface area contributed by atoms with Gasteiger partial charge in [-0.2, -0.15) is 0 Å². The van der Waals surface area contributed by atoms with Gasteiger partial charge in [0.25, 0.3) is 5.91 Å². The number of anilines is 1. The second-order valence-electron chi connectivity index (χ2n) is 5.37. The van der Waals surface area contributed by atoms with Crippen molar-refractivity contribution in [3.63, 3.8) is 0 Å². The molecule has 0 bridgehead atoms. The summed E-state index contributed by atoms with van der Waals surface area (Å²) in [5, 5.41) is 5.46. The fraction of sp³-hybridized carbons (Fsp3) is 0.312. The van der Waals surface area contributed by atoms with Crippen LogP contribution in [0.3, 0.4) is 0 Å². The fourth-order valence-corrected chi connectivity index (χ4v) is 3.05. The number of amides is 1. The van der Waals surface area contributed by atoms with E-state index in [0.717, 1.165) is 5.56 Å². The van der Waals surface area contributed by atoms with Crippen LogP contribution in [0.5, 0.6) is 0 Å². The third kappa shape index (κ3) is 5.50. The molecule has 134 valence electrons. The summed E-state index contributed by atoms with van der Waals surface area (Å²) in [7, 11) is -1.84. The monoisotopic (exact) mass is 363 g/mol. The molecule has 3 N–H and O–H groups in total. The molecule has 9 heteroatoms. The normalized spacial score (nSPS) is 11.1. The summed E-state index contributed by atoms with van der Waals surface area (Å²) in [5.74, 6) is 0.131. The molecule has 1 amide bonds. The first kappa shape index (κ1) is 18.8. The van der Waals surface area contributed by atoms with Crippen LogP contribution >= 0.6 is 0 Å². The van der Waals surface area contributed by atoms with E-state index in [1.807, 2.05) is 6.92 Å². The quantitative estimate of drug-likeness (QED) is 0.601. The van der Waals surface area contributed by atoms with Crippen molar-refractivity contribution in [2.24, 2.45) is 0 Å². The molecule has 2 rings (SSSR count). The summed E-state index contributed by atoms with van der Waals surface area (Å²) in [6, 6.07) is 6.62. The first-order chi connectivity index (χ1) is 11.9. The number of nitrogens with zero attached hydrogens (tertiary/aromatic N) is 2. The highest BCUT2D eigenvalue weighted by molar-refractivity contribution is 7.89. The fourth-order valence-electron chi connectivity index (χ4n) is 1.97. The van der Waals surface area contributed by atoms with Gasteiger partial charge in [0.15, 0.2) is 0 Å². The van der Waals surface area contributed by atoms with Gasteiger partial charge in [-0.3, -0.25) is 4.79 Å². The van der Waals surface area contributed by atoms with Crippen LogP contribution in [0, 0.1) is 6.92 Å². The topological polar surface area (TPSA) is 113 Å². The summed E-state index contributed by atoms with van der Waals surface area (Å²) in [4.78, 5) is 20.1. The predicted molar refractivity (Wildman–Crippen MR) is 94.9 cm³/mol. The molecule has 25 heavy (non-hydrogen) atoms. The second kappa shape index (κ2) is 8.54. The second-order valence-corrected chi connectivity index (χ2v) is 7.13. The number of hydrogen-bond acceptors (Lipinski definition) is 6. The van der Waals surface area contributed by atoms with E-state index in [4.69, 9.17) is 0 Å². The molecule has 0 fully saturated rings. The van der Waals surface area contributed by atoms with E-state index in [1.54, 1.807) is 31.3 Å². The molecule has 0 radical (unpaired) electrons. The Bertz CT molecular complexity index is 805. The van der Waals surface area contributed by atoms with Gasteiger partial charge in [0.2, 0.25) is 16.0 Å². The van der Waals surface area contributed by atoms with Gasteiger partial charge >= 0.3 is 0 Å². The van der Waals surface area contributed by atoms with Crippen LogP contribution in [0.4, 0.5) is 5.95 Å². The number of carbonyl (C=O) groups excluding carboxylic acids is 1. The van der Waals surface area contributed by atoms with Crippen LogP contribution < -0.4 is 15.4 Å². The summed E-state index contributed by atoms with van der Waals surface area (Å²) >= 11 is 0. The first-order valence-corrected chi connectivity index (χ1v) is 9.25. The van der Waals surface area contributed by atoms with Crippen LogP contribution in [0.2, 0.25) is 0 Å². The Labute approximate surface area is 147 Å². The van der Waals surface area contributed by atoms with Crippen molar-refractivity contribution < 1.29 is 13.2 Å². The molecule has 8 nitrogen and oxygen atoms in total. The maximum Gasteiger partial charge on any atom is 0.254 e. The smallest absolute Gasteiger partial charge is 0.254 e. The van der Waals surface area contributed by atoms with Crippen LogP contribution in [-0.4, -0.2) is 44.4 Å². The Balaban J connectivity index is 1.75. The molecule has 0 aliphatic carbocycles. The minimum absolute atomic E-state index is 0.226. The Morgan fingerprint density at radius 1 is 1.08 bits per heavy atom. The molecule has 1 heterocycles. The molecule has 0 aliphatic rings. The average Bonchev–Trinajstić information content (AvgIpc) is 2.61. The Kier molecular flexibility index (Phi) is 6.43. The van der Waals surface area contributed by atoms with E-state index in [-0.39, 0.29) is 17.3 Å². The third-order valence-electron chi connectivity index (χ3n) is 3.40. The molecular weight excluding hydrogens is 342 g/mol. The van der Waals surface area contributed by atoms with Crippen molar-refractivity contribution in [3.8, 4) is 0 Å². The zero-order chi connectivity index (χ0) is 18.3. The van der Waals surface area contributed by atoms with Gasteiger partial charge in [-0.25, -0.2) is 23.1 Å². The Morgan fingerprint density at radius 2 is 1.72 bits per heavy atom. The standard InChI is InChI=1S/C16H21N5O3S/c1-12-4-6-14(7-5-12)25(23,24)21-9-3-8-18-15(22)13-10-19-16(17-2)20-11-13/h4-7,10-11,21H,3,8-9H2,1-2H3,(H,18,22)(H,17,19,20). The molecular formula is C16H21N5O3S. The lowest BCUT2D eigenvalue weighted by Crippen LogP contribution is -2.30. The summed E-state index contributed by atoms with van der Waals surface area (Å²) in [6.45, 7) is 2.46. The lowest BCUT2D eigenvalue weighted by atomic mass is 10.2. The third-order valence-corrected chi connectivity index (χ3v) is 4.88. The number of sulfonamides is 1. The molecule has 1 aromatic heterocycles. The number of aryl methyl sites for hydroxylation is 1. The molecule has 0 spiro atoms. The predicted octanol–water partition coefficient (Wildman–Crippen LogP) is 0.925. The van der Waals surface area contributed by atoms with E-state index >= 15 is 0 Å². The maximum atomic E-state index is 12.1. The molecule has 0 unspecified atom stereocenters. The molecule has 2 aromatic rings. The van der Waals surface area contributed by atoms with Crippen LogP contribution in [-0.2, 0) is 10.0 Å². The van der Waals surface area contributed by atoms with Crippen molar-refractivity contribution in [2.45, 2.75) is 18.2 Å². The van der Waals surface area contributed by atoms with Crippen LogP contribution in [0.1, 0.15) is 22.3 Å². The van der Waals surface area contributed by atoms with Crippen LogP contribution in [0.25, 0.3) is 0 Å². The lowest BCUT2D eigenvalue weighted by molar-refractivity contribution is 0.0952. The van der Waals surface area contributed by atoms with Gasteiger partial charge in [0.1, 0.15) is 0 Å². The Morgan fingerprint density at radius 3 is 2.32 bits per heavy atom. The van der Waals surface area contributed by atoms with Crippen molar-refractivity contribution in [1.29, 1.82) is 0 Å². The average molecular weight is 363 g/mol. The van der Waals surface area contributed by atoms with E-state index in [0.29, 0.717) is 24.5 Å².